The van der Waals surface area contributed by atoms with Gasteiger partial charge in [-0.25, -0.2) is 4.98 Å². The molecule has 1 aliphatic heterocycles. The largest absolute Gasteiger partial charge is 0.333 e. The molecule has 2 aromatic carbocycles. The van der Waals surface area contributed by atoms with Crippen molar-refractivity contribution in [3.8, 4) is 0 Å². The zero-order valence-corrected chi connectivity index (χ0v) is 17.1. The molecule has 0 aliphatic carbocycles. The van der Waals surface area contributed by atoms with Gasteiger partial charge in [-0.2, -0.15) is 0 Å². The molecule has 0 atom stereocenters. The molecule has 1 N–H and O–H groups in total. The Labute approximate surface area is 175 Å². The molecule has 3 heterocycles. The van der Waals surface area contributed by atoms with Crippen LogP contribution in [0.25, 0.3) is 10.8 Å². The van der Waals surface area contributed by atoms with Crippen molar-refractivity contribution in [2.24, 2.45) is 0 Å². The second kappa shape index (κ2) is 7.42. The lowest BCUT2D eigenvalue weighted by atomic mass is 10.1. The van der Waals surface area contributed by atoms with Gasteiger partial charge in [-0.15, -0.1) is 11.3 Å². The highest BCUT2D eigenvalue weighted by molar-refractivity contribution is 7.16. The van der Waals surface area contributed by atoms with E-state index in [4.69, 9.17) is 0 Å². The summed E-state index contributed by atoms with van der Waals surface area (Å²) >= 11 is 2.85. The van der Waals surface area contributed by atoms with Gasteiger partial charge in [-0.05, 0) is 34.4 Å². The van der Waals surface area contributed by atoms with Gasteiger partial charge in [0.25, 0.3) is 11.8 Å². The molecule has 0 saturated heterocycles. The van der Waals surface area contributed by atoms with Gasteiger partial charge in [-0.1, -0.05) is 47.7 Å². The number of hydrogen-bond acceptors (Lipinski definition) is 5. The Morgan fingerprint density at radius 3 is 2.72 bits per heavy atom. The number of thiophene rings is 1. The zero-order chi connectivity index (χ0) is 19.8. The van der Waals surface area contributed by atoms with Crippen LogP contribution in [-0.2, 0) is 13.0 Å². The van der Waals surface area contributed by atoms with E-state index >= 15 is 0 Å². The molecule has 29 heavy (non-hydrogen) atoms. The molecule has 5 rings (SSSR count). The smallest absolute Gasteiger partial charge is 0.267 e. The molecule has 144 valence electrons. The number of anilines is 1. The number of amides is 2. The lowest BCUT2D eigenvalue weighted by Crippen LogP contribution is -2.35. The van der Waals surface area contributed by atoms with Crippen molar-refractivity contribution in [1.82, 2.24) is 9.88 Å². The van der Waals surface area contributed by atoms with Crippen molar-refractivity contribution in [2.75, 3.05) is 11.9 Å². The second-order valence-electron chi connectivity index (χ2n) is 6.86. The number of nitrogens with zero attached hydrogens (tertiary/aromatic N) is 2. The van der Waals surface area contributed by atoms with E-state index in [0.717, 1.165) is 21.3 Å². The molecule has 0 bridgehead atoms. The van der Waals surface area contributed by atoms with Crippen LogP contribution in [0, 0.1) is 0 Å². The summed E-state index contributed by atoms with van der Waals surface area (Å²) in [5, 5.41) is 7.52. The lowest BCUT2D eigenvalue weighted by molar-refractivity contribution is 0.0736. The van der Waals surface area contributed by atoms with Crippen molar-refractivity contribution >= 4 is 50.4 Å². The SMILES string of the molecule is O=C(Nc1nc2c(s1)CN(C(=O)c1ccc3ccccc3c1)CC2)c1cccs1. The minimum absolute atomic E-state index is 0.0268. The summed E-state index contributed by atoms with van der Waals surface area (Å²) in [6, 6.07) is 17.5. The summed E-state index contributed by atoms with van der Waals surface area (Å²) in [5.74, 6) is -0.117. The normalized spacial score (nSPS) is 13.3. The number of carbonyl (C=O) groups excluding carboxylic acids is 2. The molecule has 0 radical (unpaired) electrons. The van der Waals surface area contributed by atoms with E-state index in [1.807, 2.05) is 58.8 Å². The summed E-state index contributed by atoms with van der Waals surface area (Å²) in [7, 11) is 0. The third-order valence-corrected chi connectivity index (χ3v) is 6.85. The van der Waals surface area contributed by atoms with Crippen LogP contribution in [-0.4, -0.2) is 28.2 Å². The van der Waals surface area contributed by atoms with E-state index in [1.54, 1.807) is 6.07 Å². The fourth-order valence-electron chi connectivity index (χ4n) is 3.49. The van der Waals surface area contributed by atoms with Crippen LogP contribution in [0.15, 0.2) is 60.0 Å². The first-order chi connectivity index (χ1) is 14.2. The number of hydrogen-bond donors (Lipinski definition) is 1. The highest BCUT2D eigenvalue weighted by Crippen LogP contribution is 2.30. The summed E-state index contributed by atoms with van der Waals surface area (Å²) in [6.07, 6.45) is 0.694. The molecule has 0 unspecified atom stereocenters. The van der Waals surface area contributed by atoms with Gasteiger partial charge in [0.2, 0.25) is 0 Å². The van der Waals surface area contributed by atoms with Crippen molar-refractivity contribution in [3.63, 3.8) is 0 Å². The minimum Gasteiger partial charge on any atom is -0.333 e. The number of nitrogens with one attached hydrogen (secondary N) is 1. The zero-order valence-electron chi connectivity index (χ0n) is 15.4. The average molecular weight is 420 g/mol. The molecular formula is C22H17N3O2S2. The first-order valence-electron chi connectivity index (χ1n) is 9.29. The fraction of sp³-hybridized carbons (Fsp3) is 0.136. The van der Waals surface area contributed by atoms with E-state index in [9.17, 15) is 9.59 Å². The summed E-state index contributed by atoms with van der Waals surface area (Å²) in [6.45, 7) is 1.15. The van der Waals surface area contributed by atoms with Gasteiger partial charge < -0.3 is 4.90 Å². The van der Waals surface area contributed by atoms with Gasteiger partial charge in [0, 0.05) is 23.4 Å². The third-order valence-electron chi connectivity index (χ3n) is 4.98. The van der Waals surface area contributed by atoms with E-state index < -0.39 is 0 Å². The molecule has 1 aliphatic rings. The standard InChI is InChI=1S/C22H17N3O2S2/c26-20(18-6-3-11-28-18)24-22-23-17-9-10-25(13-19(17)29-22)21(27)16-8-7-14-4-1-2-5-15(14)12-16/h1-8,11-12H,9-10,13H2,(H,23,24,26). The predicted octanol–water partition coefficient (Wildman–Crippen LogP) is 4.81. The number of aromatic nitrogens is 1. The lowest BCUT2D eigenvalue weighted by Gasteiger charge is -2.26. The number of rotatable bonds is 3. The summed E-state index contributed by atoms with van der Waals surface area (Å²) in [5.41, 5.74) is 1.67. The number of benzene rings is 2. The van der Waals surface area contributed by atoms with Gasteiger partial charge in [0.1, 0.15) is 0 Å². The van der Waals surface area contributed by atoms with Crippen LogP contribution in [0.3, 0.4) is 0 Å². The highest BCUT2D eigenvalue weighted by atomic mass is 32.1. The molecule has 0 saturated carbocycles. The molecule has 2 aromatic heterocycles. The topological polar surface area (TPSA) is 62.3 Å². The Bertz CT molecular complexity index is 1210. The Kier molecular flexibility index (Phi) is 4.61. The molecule has 2 amide bonds. The number of carbonyl (C=O) groups is 2. The van der Waals surface area contributed by atoms with Gasteiger partial charge in [0.05, 0.1) is 17.1 Å². The van der Waals surface area contributed by atoms with Crippen LogP contribution in [0.4, 0.5) is 5.13 Å². The minimum atomic E-state index is -0.143. The second-order valence-corrected chi connectivity index (χ2v) is 8.89. The third kappa shape index (κ3) is 3.54. The summed E-state index contributed by atoms with van der Waals surface area (Å²) in [4.78, 5) is 33.4. The van der Waals surface area contributed by atoms with E-state index in [2.05, 4.69) is 10.3 Å². The van der Waals surface area contributed by atoms with Crippen molar-refractivity contribution < 1.29 is 9.59 Å². The Balaban J connectivity index is 1.33. The Morgan fingerprint density at radius 1 is 1.03 bits per heavy atom. The maximum atomic E-state index is 13.0. The highest BCUT2D eigenvalue weighted by Gasteiger charge is 2.25. The molecular weight excluding hydrogens is 402 g/mol. The molecule has 7 heteroatoms. The van der Waals surface area contributed by atoms with Crippen molar-refractivity contribution in [1.29, 1.82) is 0 Å². The van der Waals surface area contributed by atoms with E-state index in [0.29, 0.717) is 35.1 Å². The number of fused-ring (bicyclic) bond motifs is 2. The predicted molar refractivity (Wildman–Crippen MR) is 117 cm³/mol. The van der Waals surface area contributed by atoms with Crippen LogP contribution in [0.1, 0.15) is 30.6 Å². The van der Waals surface area contributed by atoms with E-state index in [1.165, 1.54) is 22.7 Å². The molecule has 0 fully saturated rings. The Morgan fingerprint density at radius 2 is 1.90 bits per heavy atom. The monoisotopic (exact) mass is 419 g/mol. The Hall–Kier alpha value is -3.03. The summed E-state index contributed by atoms with van der Waals surface area (Å²) < 4.78 is 0. The van der Waals surface area contributed by atoms with Crippen molar-refractivity contribution in [3.05, 3.63) is 81.0 Å². The maximum Gasteiger partial charge on any atom is 0.267 e. The van der Waals surface area contributed by atoms with Crippen LogP contribution in [0.5, 0.6) is 0 Å². The van der Waals surface area contributed by atoms with Gasteiger partial charge in [-0.3, -0.25) is 14.9 Å². The van der Waals surface area contributed by atoms with Crippen LogP contribution < -0.4 is 5.32 Å². The van der Waals surface area contributed by atoms with Crippen LogP contribution >= 0.6 is 22.7 Å². The first-order valence-corrected chi connectivity index (χ1v) is 11.0. The first kappa shape index (κ1) is 18.0. The van der Waals surface area contributed by atoms with E-state index in [-0.39, 0.29) is 11.8 Å². The molecule has 5 nitrogen and oxygen atoms in total. The molecule has 4 aromatic rings. The van der Waals surface area contributed by atoms with Crippen molar-refractivity contribution in [2.45, 2.75) is 13.0 Å². The maximum absolute atomic E-state index is 13.0. The average Bonchev–Trinajstić information content (AvgIpc) is 3.42. The fourth-order valence-corrected chi connectivity index (χ4v) is 5.13. The molecule has 0 spiro atoms. The quantitative estimate of drug-likeness (QED) is 0.518. The van der Waals surface area contributed by atoms with Gasteiger partial charge >= 0.3 is 0 Å². The number of thiazole rings is 1. The van der Waals surface area contributed by atoms with Gasteiger partial charge in [0.15, 0.2) is 5.13 Å². The van der Waals surface area contributed by atoms with Crippen LogP contribution in [0.2, 0.25) is 0 Å².